The minimum atomic E-state index is -0.433. The van der Waals surface area contributed by atoms with Crippen LogP contribution >= 0.6 is 11.6 Å². The van der Waals surface area contributed by atoms with Gasteiger partial charge in [0.2, 0.25) is 11.6 Å². The molecule has 1 aromatic carbocycles. The van der Waals surface area contributed by atoms with Crippen molar-refractivity contribution in [3.8, 4) is 0 Å². The molecule has 1 aliphatic heterocycles. The average molecular weight is 403 g/mol. The van der Waals surface area contributed by atoms with Crippen LogP contribution in [0.1, 0.15) is 24.1 Å². The van der Waals surface area contributed by atoms with Crippen molar-refractivity contribution in [1.29, 1.82) is 0 Å². The number of halogens is 1. The van der Waals surface area contributed by atoms with Crippen molar-refractivity contribution in [3.05, 3.63) is 64.9 Å². The Bertz CT molecular complexity index is 844. The number of carbonyl (C=O) groups excluding carboxylic acids is 2. The zero-order chi connectivity index (χ0) is 20.1. The maximum atomic E-state index is 12.9. The van der Waals surface area contributed by atoms with Gasteiger partial charge in [-0.25, -0.2) is 4.57 Å². The molecule has 0 radical (unpaired) electrons. The molecule has 148 valence electrons. The summed E-state index contributed by atoms with van der Waals surface area (Å²) in [6.07, 6.45) is 3.93. The maximum Gasteiger partial charge on any atom is 0.281 e. The predicted octanol–water partition coefficient (Wildman–Crippen LogP) is 0.625. The van der Waals surface area contributed by atoms with E-state index in [0.29, 0.717) is 31.0 Å². The molecule has 0 bridgehead atoms. The molecular weight excluding hydrogens is 376 g/mol. The molecule has 0 saturated carbocycles. The highest BCUT2D eigenvalue weighted by atomic mass is 35.5. The first-order valence-corrected chi connectivity index (χ1v) is 9.93. The molecule has 1 saturated heterocycles. The van der Waals surface area contributed by atoms with Crippen LogP contribution in [0.4, 0.5) is 0 Å². The van der Waals surface area contributed by atoms with Crippen LogP contribution in [-0.4, -0.2) is 35.3 Å². The second-order valence-electron chi connectivity index (χ2n) is 7.24. The molecule has 2 aromatic rings. The lowest BCUT2D eigenvalue weighted by Gasteiger charge is -2.25. The van der Waals surface area contributed by atoms with E-state index < -0.39 is 12.1 Å². The Morgan fingerprint density at radius 2 is 2.07 bits per heavy atom. The molecule has 1 fully saturated rings. The average Bonchev–Trinajstić information content (AvgIpc) is 3.18. The number of aromatic nitrogens is 1. The molecule has 6 nitrogen and oxygen atoms in total. The summed E-state index contributed by atoms with van der Waals surface area (Å²) in [6.45, 7) is 0.967. The lowest BCUT2D eigenvalue weighted by molar-refractivity contribution is -0.679. The van der Waals surface area contributed by atoms with Crippen LogP contribution in [0.3, 0.4) is 0 Å². The Kier molecular flexibility index (Phi) is 6.65. The minimum absolute atomic E-state index is 0.0604. The van der Waals surface area contributed by atoms with E-state index in [1.807, 2.05) is 54.2 Å². The van der Waals surface area contributed by atoms with E-state index in [9.17, 15) is 9.59 Å². The third-order valence-corrected chi connectivity index (χ3v) is 5.41. The molecule has 2 amide bonds. The molecule has 0 spiro atoms. The molecule has 1 aliphatic rings. The molecule has 4 N–H and O–H groups in total. The van der Waals surface area contributed by atoms with Crippen molar-refractivity contribution in [2.75, 3.05) is 6.54 Å². The Morgan fingerprint density at radius 3 is 2.82 bits per heavy atom. The number of likely N-dealkylation sites (tertiary alicyclic amines) is 1. The highest BCUT2D eigenvalue weighted by molar-refractivity contribution is 6.30. The topological polar surface area (TPSA) is 80.9 Å². The fourth-order valence-electron chi connectivity index (χ4n) is 3.58. The van der Waals surface area contributed by atoms with Gasteiger partial charge in [-0.2, -0.15) is 0 Å². The normalized spacial score (nSPS) is 17.4. The molecule has 0 aliphatic carbocycles. The summed E-state index contributed by atoms with van der Waals surface area (Å²) < 4.78 is 1.91. The third-order valence-electron chi connectivity index (χ3n) is 5.17. The van der Waals surface area contributed by atoms with Crippen LogP contribution in [0.25, 0.3) is 0 Å². The van der Waals surface area contributed by atoms with E-state index in [0.717, 1.165) is 17.7 Å². The van der Waals surface area contributed by atoms with Gasteiger partial charge in [0.15, 0.2) is 12.2 Å². The summed E-state index contributed by atoms with van der Waals surface area (Å²) in [4.78, 5) is 27.3. The van der Waals surface area contributed by atoms with Crippen LogP contribution in [0.15, 0.2) is 48.7 Å². The number of aryl methyl sites for hydroxylation is 1. The van der Waals surface area contributed by atoms with Crippen molar-refractivity contribution in [1.82, 2.24) is 10.2 Å². The minimum Gasteiger partial charge on any atom is -0.347 e. The second-order valence-corrected chi connectivity index (χ2v) is 7.68. The fraction of sp³-hybridized carbons (Fsp3) is 0.381. The molecule has 0 unspecified atom stereocenters. The third kappa shape index (κ3) is 4.88. The number of pyridine rings is 1. The zero-order valence-electron chi connectivity index (χ0n) is 16.1. The Morgan fingerprint density at radius 1 is 1.32 bits per heavy atom. The number of nitrogens with zero attached hydrogens (tertiary/aromatic N) is 2. The van der Waals surface area contributed by atoms with Gasteiger partial charge in [0.05, 0.1) is 5.02 Å². The van der Waals surface area contributed by atoms with Gasteiger partial charge in [-0.05, 0) is 18.4 Å². The van der Waals surface area contributed by atoms with E-state index in [1.54, 1.807) is 11.0 Å². The first kappa shape index (κ1) is 20.3. The summed E-state index contributed by atoms with van der Waals surface area (Å²) in [5.74, 6) is -0.187. The first-order chi connectivity index (χ1) is 13.5. The van der Waals surface area contributed by atoms with Gasteiger partial charge in [-0.1, -0.05) is 41.9 Å². The monoisotopic (exact) mass is 402 g/mol. The van der Waals surface area contributed by atoms with Crippen LogP contribution < -0.4 is 15.6 Å². The van der Waals surface area contributed by atoms with Crippen LogP contribution in [0, 0.1) is 0 Å². The van der Waals surface area contributed by atoms with E-state index in [2.05, 4.69) is 11.1 Å². The lowest BCUT2D eigenvalue weighted by atomic mass is 10.1. The summed E-state index contributed by atoms with van der Waals surface area (Å²) in [5, 5.41) is 3.58. The number of rotatable bonds is 6. The zero-order valence-corrected chi connectivity index (χ0v) is 16.9. The number of hydrogen-bond donors (Lipinski definition) is 2. The number of benzene rings is 1. The van der Waals surface area contributed by atoms with E-state index in [4.69, 9.17) is 11.6 Å². The van der Waals surface area contributed by atoms with Crippen molar-refractivity contribution >= 4 is 23.4 Å². The Labute approximate surface area is 170 Å². The molecule has 2 heterocycles. The van der Waals surface area contributed by atoms with Crippen LogP contribution in [0.5, 0.6) is 0 Å². The molecule has 28 heavy (non-hydrogen) atoms. The second kappa shape index (κ2) is 9.17. The number of carbonyl (C=O) groups is 2. The standard InChI is InChI=1S/C21H25ClN4O2/c1-25-11-9-16(22)13-17(25)14-24-20(27)19-8-5-10-26(19)21(28)18(23)12-15-6-3-2-4-7-15/h2-4,6-7,9,11,13,18-19H,5,8,10,12,14,23H2,1H3/p+2/t18-,19+/m1/s1. The van der Waals surface area contributed by atoms with Gasteiger partial charge in [0, 0.05) is 25.1 Å². The number of nitrogens with one attached hydrogen (secondary N) is 1. The summed E-state index contributed by atoms with van der Waals surface area (Å²) in [7, 11) is 1.90. The Hall–Kier alpha value is -2.44. The van der Waals surface area contributed by atoms with Crippen molar-refractivity contribution < 1.29 is 19.9 Å². The van der Waals surface area contributed by atoms with E-state index in [1.165, 1.54) is 0 Å². The van der Waals surface area contributed by atoms with E-state index in [-0.39, 0.29) is 11.8 Å². The summed E-state index contributed by atoms with van der Waals surface area (Å²) >= 11 is 6.04. The van der Waals surface area contributed by atoms with Crippen LogP contribution in [0.2, 0.25) is 5.02 Å². The van der Waals surface area contributed by atoms with Crippen molar-refractivity contribution in [2.45, 2.75) is 37.9 Å². The Balaban J connectivity index is 1.60. The first-order valence-electron chi connectivity index (χ1n) is 9.55. The number of amides is 2. The predicted molar refractivity (Wildman–Crippen MR) is 106 cm³/mol. The summed E-state index contributed by atoms with van der Waals surface area (Å²) in [5.41, 5.74) is 6.02. The molecule has 2 atom stereocenters. The van der Waals surface area contributed by atoms with Gasteiger partial charge in [-0.3, -0.25) is 9.59 Å². The number of hydrogen-bond acceptors (Lipinski definition) is 2. The highest BCUT2D eigenvalue weighted by Gasteiger charge is 2.37. The SMILES string of the molecule is C[n+]1ccc(Cl)cc1CNC(=O)[C@@H]1CCCN1C(=O)[C@H]([NH3+])Cc1ccccc1. The fourth-order valence-corrected chi connectivity index (χ4v) is 3.76. The van der Waals surface area contributed by atoms with Crippen molar-refractivity contribution in [3.63, 3.8) is 0 Å². The van der Waals surface area contributed by atoms with E-state index >= 15 is 0 Å². The van der Waals surface area contributed by atoms with Crippen LogP contribution in [-0.2, 0) is 29.6 Å². The molecule has 3 rings (SSSR count). The summed E-state index contributed by atoms with van der Waals surface area (Å²) in [6, 6.07) is 12.6. The van der Waals surface area contributed by atoms with Gasteiger partial charge in [0.1, 0.15) is 19.6 Å². The van der Waals surface area contributed by atoms with Gasteiger partial charge in [-0.15, -0.1) is 0 Å². The lowest BCUT2D eigenvalue weighted by Crippen LogP contribution is -2.69. The van der Waals surface area contributed by atoms with Gasteiger partial charge in [0.25, 0.3) is 5.91 Å². The smallest absolute Gasteiger partial charge is 0.281 e. The van der Waals surface area contributed by atoms with Gasteiger partial charge >= 0.3 is 0 Å². The quantitative estimate of drug-likeness (QED) is 0.695. The molecule has 1 aromatic heterocycles. The number of quaternary nitrogens is 1. The molecule has 7 heteroatoms. The largest absolute Gasteiger partial charge is 0.347 e. The highest BCUT2D eigenvalue weighted by Crippen LogP contribution is 2.19. The molecular formula is C21H27ClN4O2+2. The van der Waals surface area contributed by atoms with Crippen molar-refractivity contribution in [2.24, 2.45) is 7.05 Å². The van der Waals surface area contributed by atoms with Gasteiger partial charge < -0.3 is 16.0 Å². The maximum absolute atomic E-state index is 12.9.